The summed E-state index contributed by atoms with van der Waals surface area (Å²) in [6.45, 7) is 0. The van der Waals surface area contributed by atoms with Crippen molar-refractivity contribution < 1.29 is 9.53 Å². The van der Waals surface area contributed by atoms with E-state index in [1.165, 1.54) is 0 Å². The molecule has 0 saturated carbocycles. The van der Waals surface area contributed by atoms with E-state index < -0.39 is 0 Å². The molecule has 3 heteroatoms. The molecule has 0 unspecified atom stereocenters. The Kier molecular flexibility index (Phi) is 4.12. The second-order valence-electron chi connectivity index (χ2n) is 5.88. The van der Waals surface area contributed by atoms with Crippen LogP contribution in [0, 0.1) is 0 Å². The van der Waals surface area contributed by atoms with Crippen molar-refractivity contribution in [3.63, 3.8) is 0 Å². The maximum Gasteiger partial charge on any atom is 0.315 e. The molecular weight excluding hydrogens is 332 g/mol. The van der Waals surface area contributed by atoms with E-state index in [1.54, 1.807) is 12.1 Å². The third kappa shape index (κ3) is 3.09. The highest BCUT2D eigenvalue weighted by Gasteiger charge is 2.12. The number of carbonyl (C=O) groups is 1. The number of esters is 1. The van der Waals surface area contributed by atoms with Crippen LogP contribution in [0.2, 0.25) is 5.02 Å². The lowest BCUT2D eigenvalue weighted by Gasteiger charge is -2.10. The van der Waals surface area contributed by atoms with E-state index in [2.05, 4.69) is 0 Å². The number of rotatable bonds is 3. The lowest BCUT2D eigenvalue weighted by Crippen LogP contribution is -2.11. The summed E-state index contributed by atoms with van der Waals surface area (Å²) in [6, 6.07) is 25.1. The fraction of sp³-hybridized carbons (Fsp3) is 0.0455. The molecular formula is C22H15ClO2. The molecule has 4 rings (SSSR count). The lowest BCUT2D eigenvalue weighted by atomic mass is 10.0. The SMILES string of the molecule is O=C(Cc1cccc2ccccc12)Oc1ccc(Cl)c2ccccc12. The highest BCUT2D eigenvalue weighted by Crippen LogP contribution is 2.31. The first-order chi connectivity index (χ1) is 12.2. The summed E-state index contributed by atoms with van der Waals surface area (Å²) in [5.41, 5.74) is 0.960. The van der Waals surface area contributed by atoms with Gasteiger partial charge >= 0.3 is 5.97 Å². The predicted molar refractivity (Wildman–Crippen MR) is 102 cm³/mol. The van der Waals surface area contributed by atoms with Crippen LogP contribution in [0.15, 0.2) is 78.9 Å². The Balaban J connectivity index is 1.64. The van der Waals surface area contributed by atoms with Gasteiger partial charge in [0.25, 0.3) is 0 Å². The lowest BCUT2D eigenvalue weighted by molar-refractivity contribution is -0.133. The van der Waals surface area contributed by atoms with Gasteiger partial charge in [0.1, 0.15) is 5.75 Å². The fourth-order valence-corrected chi connectivity index (χ4v) is 3.31. The third-order valence-electron chi connectivity index (χ3n) is 4.27. The molecule has 4 aromatic carbocycles. The van der Waals surface area contributed by atoms with Gasteiger partial charge in [-0.1, -0.05) is 78.3 Å². The van der Waals surface area contributed by atoms with Gasteiger partial charge in [-0.05, 0) is 28.5 Å². The summed E-state index contributed by atoms with van der Waals surface area (Å²) in [5.74, 6) is 0.245. The summed E-state index contributed by atoms with van der Waals surface area (Å²) >= 11 is 6.22. The van der Waals surface area contributed by atoms with Gasteiger partial charge in [-0.3, -0.25) is 4.79 Å². The number of hydrogen-bond donors (Lipinski definition) is 0. The maximum absolute atomic E-state index is 12.5. The zero-order chi connectivity index (χ0) is 17.2. The summed E-state index contributed by atoms with van der Waals surface area (Å²) in [7, 11) is 0. The first kappa shape index (κ1) is 15.7. The molecule has 0 bridgehead atoms. The smallest absolute Gasteiger partial charge is 0.315 e. The summed E-state index contributed by atoms with van der Waals surface area (Å²) in [5, 5.41) is 4.54. The summed E-state index contributed by atoms with van der Waals surface area (Å²) < 4.78 is 5.64. The molecule has 0 aromatic heterocycles. The van der Waals surface area contributed by atoms with E-state index >= 15 is 0 Å². The van der Waals surface area contributed by atoms with Gasteiger partial charge in [0.2, 0.25) is 0 Å². The first-order valence-electron chi connectivity index (χ1n) is 8.07. The largest absolute Gasteiger partial charge is 0.426 e. The zero-order valence-corrected chi connectivity index (χ0v) is 14.2. The highest BCUT2D eigenvalue weighted by molar-refractivity contribution is 6.35. The second-order valence-corrected chi connectivity index (χ2v) is 6.29. The van der Waals surface area contributed by atoms with Crippen molar-refractivity contribution in [2.24, 2.45) is 0 Å². The Morgan fingerprint density at radius 3 is 2.28 bits per heavy atom. The summed E-state index contributed by atoms with van der Waals surface area (Å²) in [4.78, 5) is 12.5. The van der Waals surface area contributed by atoms with Gasteiger partial charge in [-0.25, -0.2) is 0 Å². The average Bonchev–Trinajstić information content (AvgIpc) is 2.65. The van der Waals surface area contributed by atoms with E-state index in [0.717, 1.165) is 27.1 Å². The van der Waals surface area contributed by atoms with Crippen molar-refractivity contribution in [2.75, 3.05) is 0 Å². The Bertz CT molecular complexity index is 1080. The Labute approximate surface area is 150 Å². The molecule has 2 nitrogen and oxygen atoms in total. The van der Waals surface area contributed by atoms with Crippen LogP contribution in [0.25, 0.3) is 21.5 Å². The predicted octanol–water partition coefficient (Wildman–Crippen LogP) is 5.79. The molecule has 25 heavy (non-hydrogen) atoms. The molecule has 4 aromatic rings. The Morgan fingerprint density at radius 2 is 1.44 bits per heavy atom. The first-order valence-corrected chi connectivity index (χ1v) is 8.45. The minimum atomic E-state index is -0.288. The minimum Gasteiger partial charge on any atom is -0.426 e. The molecule has 0 aliphatic heterocycles. The third-order valence-corrected chi connectivity index (χ3v) is 4.60. The number of benzene rings is 4. The molecule has 0 atom stereocenters. The average molecular weight is 347 g/mol. The molecule has 0 fully saturated rings. The number of carbonyl (C=O) groups excluding carboxylic acids is 1. The van der Waals surface area contributed by atoms with Gasteiger partial charge in [-0.15, -0.1) is 0 Å². The monoisotopic (exact) mass is 346 g/mol. The number of fused-ring (bicyclic) bond motifs is 2. The minimum absolute atomic E-state index is 0.221. The van der Waals surface area contributed by atoms with Crippen molar-refractivity contribution in [3.8, 4) is 5.75 Å². The summed E-state index contributed by atoms with van der Waals surface area (Å²) in [6.07, 6.45) is 0.221. The molecule has 122 valence electrons. The van der Waals surface area contributed by atoms with Crippen molar-refractivity contribution in [1.29, 1.82) is 0 Å². The molecule has 0 heterocycles. The molecule has 0 aliphatic carbocycles. The topological polar surface area (TPSA) is 26.3 Å². The molecule has 0 radical (unpaired) electrons. The molecule has 0 saturated heterocycles. The van der Waals surface area contributed by atoms with Crippen molar-refractivity contribution in [1.82, 2.24) is 0 Å². The molecule has 0 aliphatic rings. The number of halogens is 1. The molecule has 0 N–H and O–H groups in total. The van der Waals surface area contributed by atoms with Crippen LogP contribution in [0.4, 0.5) is 0 Å². The van der Waals surface area contributed by atoms with E-state index in [4.69, 9.17) is 16.3 Å². The van der Waals surface area contributed by atoms with Crippen LogP contribution in [0.3, 0.4) is 0 Å². The van der Waals surface area contributed by atoms with Crippen LogP contribution in [0.5, 0.6) is 5.75 Å². The van der Waals surface area contributed by atoms with Crippen LogP contribution in [-0.4, -0.2) is 5.97 Å². The van der Waals surface area contributed by atoms with E-state index in [1.807, 2.05) is 66.7 Å². The quantitative estimate of drug-likeness (QED) is 0.346. The van der Waals surface area contributed by atoms with Crippen molar-refractivity contribution >= 4 is 39.1 Å². The van der Waals surface area contributed by atoms with Crippen LogP contribution in [-0.2, 0) is 11.2 Å². The van der Waals surface area contributed by atoms with Gasteiger partial charge < -0.3 is 4.74 Å². The standard InChI is InChI=1S/C22H15ClO2/c23-20-12-13-21(19-11-4-3-10-18(19)20)25-22(24)14-16-8-5-7-15-6-1-2-9-17(15)16/h1-13H,14H2. The second kappa shape index (κ2) is 6.58. The molecule has 0 amide bonds. The van der Waals surface area contributed by atoms with Crippen LogP contribution in [0.1, 0.15) is 5.56 Å². The van der Waals surface area contributed by atoms with Crippen molar-refractivity contribution in [3.05, 3.63) is 89.4 Å². The zero-order valence-electron chi connectivity index (χ0n) is 13.4. The van der Waals surface area contributed by atoms with E-state index in [9.17, 15) is 4.79 Å². The highest BCUT2D eigenvalue weighted by atomic mass is 35.5. The Morgan fingerprint density at radius 1 is 0.760 bits per heavy atom. The fourth-order valence-electron chi connectivity index (χ4n) is 3.08. The maximum atomic E-state index is 12.5. The number of hydrogen-bond acceptors (Lipinski definition) is 2. The van der Waals surface area contributed by atoms with Crippen molar-refractivity contribution in [2.45, 2.75) is 6.42 Å². The molecule has 0 spiro atoms. The van der Waals surface area contributed by atoms with Crippen LogP contribution >= 0.6 is 11.6 Å². The van der Waals surface area contributed by atoms with E-state index in [-0.39, 0.29) is 12.4 Å². The van der Waals surface area contributed by atoms with Gasteiger partial charge in [-0.2, -0.15) is 0 Å². The van der Waals surface area contributed by atoms with Gasteiger partial charge in [0.05, 0.1) is 6.42 Å². The van der Waals surface area contributed by atoms with Gasteiger partial charge in [0, 0.05) is 15.8 Å². The number of ether oxygens (including phenoxy) is 1. The van der Waals surface area contributed by atoms with E-state index in [0.29, 0.717) is 10.8 Å². The van der Waals surface area contributed by atoms with Crippen LogP contribution < -0.4 is 4.74 Å². The Hall–Kier alpha value is -2.84. The van der Waals surface area contributed by atoms with Gasteiger partial charge in [0.15, 0.2) is 0 Å². The normalized spacial score (nSPS) is 10.9.